The van der Waals surface area contributed by atoms with Crippen LogP contribution in [-0.2, 0) is 0 Å². The molecule has 162 valence electrons. The number of nitrogen functional groups attached to an aromatic ring is 1. The number of H-pyrrole nitrogens is 1. The smallest absolute Gasteiger partial charge is 0.256 e. The first-order valence-electron chi connectivity index (χ1n) is 10.7. The Kier molecular flexibility index (Phi) is 5.11. The van der Waals surface area contributed by atoms with Crippen LogP contribution >= 0.6 is 0 Å². The topological polar surface area (TPSA) is 96.7 Å². The van der Waals surface area contributed by atoms with Gasteiger partial charge in [-0.15, -0.1) is 0 Å². The summed E-state index contributed by atoms with van der Waals surface area (Å²) >= 11 is 0. The summed E-state index contributed by atoms with van der Waals surface area (Å²) < 4.78 is 0. The minimum Gasteiger partial charge on any atom is -0.382 e. The van der Waals surface area contributed by atoms with E-state index < -0.39 is 0 Å². The molecular formula is C27H23N5O. The first kappa shape index (κ1) is 20.5. The van der Waals surface area contributed by atoms with Gasteiger partial charge in [0, 0.05) is 16.8 Å². The number of benzene rings is 3. The molecule has 0 bridgehead atoms. The zero-order chi connectivity index (χ0) is 22.9. The van der Waals surface area contributed by atoms with Crippen molar-refractivity contribution in [3.8, 4) is 22.4 Å². The Morgan fingerprint density at radius 1 is 0.879 bits per heavy atom. The van der Waals surface area contributed by atoms with Crippen LogP contribution in [0, 0.1) is 13.8 Å². The maximum atomic E-state index is 13.2. The van der Waals surface area contributed by atoms with E-state index in [1.165, 1.54) is 0 Å². The van der Waals surface area contributed by atoms with Crippen LogP contribution in [0.5, 0.6) is 0 Å². The van der Waals surface area contributed by atoms with E-state index in [4.69, 9.17) is 10.7 Å². The predicted octanol–water partition coefficient (Wildman–Crippen LogP) is 5.74. The Labute approximate surface area is 191 Å². The van der Waals surface area contributed by atoms with E-state index in [-0.39, 0.29) is 5.91 Å². The fraction of sp³-hybridized carbons (Fsp3) is 0.0741. The van der Waals surface area contributed by atoms with E-state index in [1.54, 1.807) is 0 Å². The van der Waals surface area contributed by atoms with Gasteiger partial charge in [-0.1, -0.05) is 54.6 Å². The van der Waals surface area contributed by atoms with Gasteiger partial charge in [-0.3, -0.25) is 9.89 Å². The number of aromatic nitrogens is 3. The Morgan fingerprint density at radius 3 is 2.45 bits per heavy atom. The third-order valence-electron chi connectivity index (χ3n) is 5.78. The molecule has 0 aliphatic heterocycles. The second kappa shape index (κ2) is 8.24. The van der Waals surface area contributed by atoms with E-state index in [0.29, 0.717) is 22.7 Å². The lowest BCUT2D eigenvalue weighted by Crippen LogP contribution is -2.13. The standard InChI is InChI=1S/C27H23N5O/c1-16-12-13-19(15-22(16)23-14-17(2)24-25(28)31-32-26(24)30-23)29-27(33)21-11-7-6-10-20(21)18-8-4-3-5-9-18/h3-15H,1-2H3,(H,29,33)(H3,28,30,31,32). The molecule has 6 heteroatoms. The van der Waals surface area contributed by atoms with Crippen molar-refractivity contribution in [2.24, 2.45) is 0 Å². The normalized spacial score (nSPS) is 11.0. The van der Waals surface area contributed by atoms with Gasteiger partial charge in [-0.05, 0) is 60.4 Å². The number of anilines is 2. The third kappa shape index (κ3) is 3.83. The zero-order valence-electron chi connectivity index (χ0n) is 18.4. The van der Waals surface area contributed by atoms with E-state index in [1.807, 2.05) is 92.7 Å². The number of fused-ring (bicyclic) bond motifs is 1. The highest BCUT2D eigenvalue weighted by Crippen LogP contribution is 2.31. The minimum atomic E-state index is -0.162. The molecule has 3 aromatic carbocycles. The number of nitrogens with two attached hydrogens (primary N) is 1. The lowest BCUT2D eigenvalue weighted by atomic mass is 9.99. The molecule has 2 aromatic heterocycles. The Hall–Kier alpha value is -4.45. The molecule has 0 aliphatic rings. The Balaban J connectivity index is 1.50. The molecular weight excluding hydrogens is 410 g/mol. The van der Waals surface area contributed by atoms with E-state index in [0.717, 1.165) is 38.9 Å². The molecule has 0 aliphatic carbocycles. The maximum absolute atomic E-state index is 13.2. The first-order valence-corrected chi connectivity index (χ1v) is 10.7. The van der Waals surface area contributed by atoms with Crippen molar-refractivity contribution in [1.82, 2.24) is 15.2 Å². The second-order valence-corrected chi connectivity index (χ2v) is 8.05. The van der Waals surface area contributed by atoms with Gasteiger partial charge < -0.3 is 11.1 Å². The van der Waals surface area contributed by atoms with Crippen molar-refractivity contribution >= 4 is 28.4 Å². The maximum Gasteiger partial charge on any atom is 0.256 e. The Bertz CT molecular complexity index is 1490. The number of hydrogen-bond donors (Lipinski definition) is 3. The molecule has 0 radical (unpaired) electrons. The minimum absolute atomic E-state index is 0.162. The van der Waals surface area contributed by atoms with Crippen LogP contribution in [0.3, 0.4) is 0 Å². The summed E-state index contributed by atoms with van der Waals surface area (Å²) in [5.74, 6) is 0.279. The van der Waals surface area contributed by atoms with Gasteiger partial charge in [0.25, 0.3) is 5.91 Å². The van der Waals surface area contributed by atoms with E-state index in [2.05, 4.69) is 15.5 Å². The van der Waals surface area contributed by atoms with Crippen molar-refractivity contribution in [3.63, 3.8) is 0 Å². The lowest BCUT2D eigenvalue weighted by molar-refractivity contribution is 0.102. The number of pyridine rings is 1. The van der Waals surface area contributed by atoms with Gasteiger partial charge >= 0.3 is 0 Å². The summed E-state index contributed by atoms with van der Waals surface area (Å²) in [6.45, 7) is 4.01. The number of aryl methyl sites for hydroxylation is 2. The number of amides is 1. The quantitative estimate of drug-likeness (QED) is 0.336. The monoisotopic (exact) mass is 433 g/mol. The molecule has 0 fully saturated rings. The molecule has 2 heterocycles. The molecule has 0 saturated carbocycles. The molecule has 5 rings (SSSR count). The summed E-state index contributed by atoms with van der Waals surface area (Å²) in [4.78, 5) is 17.9. The number of aromatic amines is 1. The summed E-state index contributed by atoms with van der Waals surface area (Å²) in [6, 6.07) is 25.4. The first-order chi connectivity index (χ1) is 16.0. The Morgan fingerprint density at radius 2 is 1.64 bits per heavy atom. The van der Waals surface area contributed by atoms with Gasteiger partial charge in [0.15, 0.2) is 11.5 Å². The number of nitrogens with one attached hydrogen (secondary N) is 2. The summed E-state index contributed by atoms with van der Waals surface area (Å²) in [6.07, 6.45) is 0. The molecule has 5 aromatic rings. The molecule has 4 N–H and O–H groups in total. The molecule has 0 spiro atoms. The fourth-order valence-electron chi connectivity index (χ4n) is 4.11. The molecule has 6 nitrogen and oxygen atoms in total. The highest BCUT2D eigenvalue weighted by Gasteiger charge is 2.15. The predicted molar refractivity (Wildman–Crippen MR) is 133 cm³/mol. The van der Waals surface area contributed by atoms with E-state index in [9.17, 15) is 4.79 Å². The third-order valence-corrected chi connectivity index (χ3v) is 5.78. The van der Waals surface area contributed by atoms with E-state index >= 15 is 0 Å². The van der Waals surface area contributed by atoms with Gasteiger partial charge in [0.05, 0.1) is 11.1 Å². The van der Waals surface area contributed by atoms with Gasteiger partial charge in [-0.2, -0.15) is 5.10 Å². The van der Waals surface area contributed by atoms with Crippen LogP contribution in [0.4, 0.5) is 11.5 Å². The van der Waals surface area contributed by atoms with Crippen molar-refractivity contribution in [2.75, 3.05) is 11.1 Å². The largest absolute Gasteiger partial charge is 0.382 e. The number of carbonyl (C=O) groups excluding carboxylic acids is 1. The molecule has 33 heavy (non-hydrogen) atoms. The van der Waals surface area contributed by atoms with Crippen molar-refractivity contribution in [1.29, 1.82) is 0 Å². The molecule has 0 atom stereocenters. The molecule has 0 saturated heterocycles. The number of nitrogens with zero attached hydrogens (tertiary/aromatic N) is 2. The van der Waals surface area contributed by atoms with Crippen LogP contribution in [0.15, 0.2) is 78.9 Å². The second-order valence-electron chi connectivity index (χ2n) is 8.05. The highest BCUT2D eigenvalue weighted by molar-refractivity contribution is 6.09. The summed E-state index contributed by atoms with van der Waals surface area (Å²) in [5, 5.41) is 10.8. The van der Waals surface area contributed by atoms with Crippen LogP contribution in [0.2, 0.25) is 0 Å². The number of carbonyl (C=O) groups is 1. The van der Waals surface area contributed by atoms with Crippen LogP contribution in [0.25, 0.3) is 33.4 Å². The summed E-state index contributed by atoms with van der Waals surface area (Å²) in [5.41, 5.74) is 13.6. The lowest BCUT2D eigenvalue weighted by Gasteiger charge is -2.13. The van der Waals surface area contributed by atoms with Gasteiger partial charge in [-0.25, -0.2) is 4.98 Å². The SMILES string of the molecule is Cc1ccc(NC(=O)c2ccccc2-c2ccccc2)cc1-c1cc(C)c2c(N)n[nH]c2n1. The average Bonchev–Trinajstić information content (AvgIpc) is 3.22. The number of hydrogen-bond acceptors (Lipinski definition) is 4. The van der Waals surface area contributed by atoms with Gasteiger partial charge in [0.2, 0.25) is 0 Å². The fourth-order valence-corrected chi connectivity index (χ4v) is 4.11. The highest BCUT2D eigenvalue weighted by atomic mass is 16.1. The van der Waals surface area contributed by atoms with Crippen LogP contribution < -0.4 is 11.1 Å². The zero-order valence-corrected chi connectivity index (χ0v) is 18.4. The van der Waals surface area contributed by atoms with Crippen molar-refractivity contribution in [2.45, 2.75) is 13.8 Å². The van der Waals surface area contributed by atoms with Gasteiger partial charge in [0.1, 0.15) is 0 Å². The van der Waals surface area contributed by atoms with Crippen molar-refractivity contribution < 1.29 is 4.79 Å². The van der Waals surface area contributed by atoms with Crippen LogP contribution in [-0.4, -0.2) is 21.1 Å². The van der Waals surface area contributed by atoms with Crippen LogP contribution in [0.1, 0.15) is 21.5 Å². The van der Waals surface area contributed by atoms with Crippen molar-refractivity contribution in [3.05, 3.63) is 95.6 Å². The molecule has 0 unspecified atom stereocenters. The average molecular weight is 434 g/mol. The summed E-state index contributed by atoms with van der Waals surface area (Å²) in [7, 11) is 0. The number of rotatable bonds is 4. The molecule has 1 amide bonds.